The van der Waals surface area contributed by atoms with Gasteiger partial charge in [0.1, 0.15) is 11.4 Å². The van der Waals surface area contributed by atoms with Gasteiger partial charge in [-0.15, -0.1) is 0 Å². The highest BCUT2D eigenvalue weighted by Gasteiger charge is 2.32. The Hall–Kier alpha value is -0.920. The van der Waals surface area contributed by atoms with Gasteiger partial charge in [0, 0.05) is 32.3 Å². The smallest absolute Gasteiger partial charge is 0.224 e. The van der Waals surface area contributed by atoms with Crippen molar-refractivity contribution in [1.29, 1.82) is 0 Å². The highest BCUT2D eigenvalue weighted by molar-refractivity contribution is 9.10. The third-order valence-electron chi connectivity index (χ3n) is 2.94. The molecule has 1 saturated heterocycles. The molecule has 106 valence electrons. The second-order valence-corrected chi connectivity index (χ2v) is 5.55. The van der Waals surface area contributed by atoms with Crippen molar-refractivity contribution in [2.75, 3.05) is 36.9 Å². The lowest BCUT2D eigenvalue weighted by molar-refractivity contribution is 0.0381. The van der Waals surface area contributed by atoms with Crippen LogP contribution in [0.2, 0.25) is 0 Å². The van der Waals surface area contributed by atoms with Gasteiger partial charge in [-0.2, -0.15) is 4.98 Å². The van der Waals surface area contributed by atoms with E-state index < -0.39 is 5.60 Å². The Labute approximate surface area is 121 Å². The standard InChI is InChI=1S/C12H19BrN4O2/c1-2-4-14-11-15-6-9(13)10(17-11)16-7-12(18)3-5-19-8-12/h6,18H,2-5,7-8H2,1H3,(H2,14,15,16,17). The van der Waals surface area contributed by atoms with Crippen molar-refractivity contribution in [1.82, 2.24) is 9.97 Å². The first kappa shape index (κ1) is 14.5. The van der Waals surface area contributed by atoms with Crippen LogP contribution in [0, 0.1) is 0 Å². The quantitative estimate of drug-likeness (QED) is 0.735. The maximum absolute atomic E-state index is 10.2. The largest absolute Gasteiger partial charge is 0.386 e. The molecule has 1 aromatic rings. The molecule has 0 saturated carbocycles. The molecule has 6 nitrogen and oxygen atoms in total. The van der Waals surface area contributed by atoms with Crippen LogP contribution in [0.4, 0.5) is 11.8 Å². The predicted octanol–water partition coefficient (Wildman–Crippen LogP) is 1.62. The Bertz CT molecular complexity index is 424. The number of hydrogen-bond donors (Lipinski definition) is 3. The number of rotatable bonds is 6. The van der Waals surface area contributed by atoms with Gasteiger partial charge in [0.15, 0.2) is 0 Å². The van der Waals surface area contributed by atoms with Crippen LogP contribution in [0.1, 0.15) is 19.8 Å². The van der Waals surface area contributed by atoms with E-state index in [4.69, 9.17) is 4.74 Å². The summed E-state index contributed by atoms with van der Waals surface area (Å²) in [6.07, 6.45) is 3.35. The van der Waals surface area contributed by atoms with Crippen molar-refractivity contribution in [3.63, 3.8) is 0 Å². The lowest BCUT2D eigenvalue weighted by Gasteiger charge is -2.21. The number of nitrogens with one attached hydrogen (secondary N) is 2. The number of hydrogen-bond acceptors (Lipinski definition) is 6. The fraction of sp³-hybridized carbons (Fsp3) is 0.667. The monoisotopic (exact) mass is 330 g/mol. The number of ether oxygens (including phenoxy) is 1. The molecule has 1 aliphatic rings. The second kappa shape index (κ2) is 6.49. The van der Waals surface area contributed by atoms with Gasteiger partial charge in [-0.05, 0) is 22.4 Å². The summed E-state index contributed by atoms with van der Waals surface area (Å²) in [6.45, 7) is 4.30. The van der Waals surface area contributed by atoms with Gasteiger partial charge in [0.2, 0.25) is 5.95 Å². The minimum absolute atomic E-state index is 0.365. The highest BCUT2D eigenvalue weighted by Crippen LogP contribution is 2.23. The van der Waals surface area contributed by atoms with Crippen molar-refractivity contribution < 1.29 is 9.84 Å². The highest BCUT2D eigenvalue weighted by atomic mass is 79.9. The van der Waals surface area contributed by atoms with Crippen LogP contribution in [0.25, 0.3) is 0 Å². The van der Waals surface area contributed by atoms with E-state index in [0.717, 1.165) is 17.4 Å². The molecule has 0 bridgehead atoms. The Morgan fingerprint density at radius 2 is 2.37 bits per heavy atom. The van der Waals surface area contributed by atoms with Gasteiger partial charge in [-0.3, -0.25) is 0 Å². The van der Waals surface area contributed by atoms with E-state index in [0.29, 0.717) is 37.9 Å². The van der Waals surface area contributed by atoms with Gasteiger partial charge in [-0.1, -0.05) is 6.92 Å². The van der Waals surface area contributed by atoms with Crippen LogP contribution >= 0.6 is 15.9 Å². The Kier molecular flexibility index (Phi) is 4.95. The molecule has 0 spiro atoms. The lowest BCUT2D eigenvalue weighted by Crippen LogP contribution is -2.37. The molecule has 1 fully saturated rings. The number of anilines is 2. The number of halogens is 1. The molecule has 0 amide bonds. The van der Waals surface area contributed by atoms with E-state index in [1.165, 1.54) is 0 Å². The van der Waals surface area contributed by atoms with E-state index >= 15 is 0 Å². The lowest BCUT2D eigenvalue weighted by atomic mass is 10.0. The number of aromatic nitrogens is 2. The summed E-state index contributed by atoms with van der Waals surface area (Å²) in [6, 6.07) is 0. The van der Waals surface area contributed by atoms with Crippen LogP contribution in [0.5, 0.6) is 0 Å². The summed E-state index contributed by atoms with van der Waals surface area (Å²) in [4.78, 5) is 8.55. The topological polar surface area (TPSA) is 79.3 Å². The number of nitrogens with zero attached hydrogens (tertiary/aromatic N) is 2. The molecular formula is C12H19BrN4O2. The minimum atomic E-state index is -0.804. The van der Waals surface area contributed by atoms with Crippen LogP contribution in [0.15, 0.2) is 10.7 Å². The maximum atomic E-state index is 10.2. The van der Waals surface area contributed by atoms with Crippen LogP contribution in [0.3, 0.4) is 0 Å². The van der Waals surface area contributed by atoms with Gasteiger partial charge in [0.25, 0.3) is 0 Å². The average molecular weight is 331 g/mol. The predicted molar refractivity (Wildman–Crippen MR) is 77.4 cm³/mol. The molecule has 0 radical (unpaired) electrons. The molecule has 1 atom stereocenters. The Balaban J connectivity index is 1.98. The van der Waals surface area contributed by atoms with E-state index in [-0.39, 0.29) is 0 Å². The summed E-state index contributed by atoms with van der Waals surface area (Å²) in [5, 5.41) is 16.5. The van der Waals surface area contributed by atoms with Gasteiger partial charge >= 0.3 is 0 Å². The molecule has 19 heavy (non-hydrogen) atoms. The summed E-state index contributed by atoms with van der Waals surface area (Å²) >= 11 is 3.40. The van der Waals surface area contributed by atoms with Crippen molar-refractivity contribution >= 4 is 27.7 Å². The van der Waals surface area contributed by atoms with Crippen LogP contribution < -0.4 is 10.6 Å². The molecule has 2 rings (SSSR count). The Morgan fingerprint density at radius 3 is 3.05 bits per heavy atom. The first-order valence-corrected chi connectivity index (χ1v) is 7.23. The third kappa shape index (κ3) is 4.02. The molecule has 0 aliphatic carbocycles. The Morgan fingerprint density at radius 1 is 1.53 bits per heavy atom. The molecule has 7 heteroatoms. The van der Waals surface area contributed by atoms with Crippen molar-refractivity contribution in [2.24, 2.45) is 0 Å². The molecule has 1 unspecified atom stereocenters. The fourth-order valence-electron chi connectivity index (χ4n) is 1.80. The van der Waals surface area contributed by atoms with E-state index in [9.17, 15) is 5.11 Å². The van der Waals surface area contributed by atoms with E-state index in [2.05, 4.69) is 43.5 Å². The van der Waals surface area contributed by atoms with Crippen molar-refractivity contribution in [3.05, 3.63) is 10.7 Å². The average Bonchev–Trinajstić information content (AvgIpc) is 2.84. The van der Waals surface area contributed by atoms with Gasteiger partial charge in [0.05, 0.1) is 11.1 Å². The van der Waals surface area contributed by atoms with Crippen molar-refractivity contribution in [3.8, 4) is 0 Å². The summed E-state index contributed by atoms with van der Waals surface area (Å²) in [5.41, 5.74) is -0.804. The molecule has 1 aromatic heterocycles. The fourth-order valence-corrected chi connectivity index (χ4v) is 2.13. The van der Waals surface area contributed by atoms with E-state index in [1.807, 2.05) is 0 Å². The second-order valence-electron chi connectivity index (χ2n) is 4.70. The summed E-state index contributed by atoms with van der Waals surface area (Å²) in [7, 11) is 0. The third-order valence-corrected chi connectivity index (χ3v) is 3.52. The zero-order valence-electron chi connectivity index (χ0n) is 10.9. The maximum Gasteiger partial charge on any atom is 0.224 e. The van der Waals surface area contributed by atoms with Crippen molar-refractivity contribution in [2.45, 2.75) is 25.4 Å². The van der Waals surface area contributed by atoms with Crippen LogP contribution in [-0.2, 0) is 4.74 Å². The summed E-state index contributed by atoms with van der Waals surface area (Å²) in [5.74, 6) is 1.26. The number of aliphatic hydroxyl groups is 1. The summed E-state index contributed by atoms with van der Waals surface area (Å²) < 4.78 is 5.98. The molecular weight excluding hydrogens is 312 g/mol. The normalized spacial score (nSPS) is 22.5. The zero-order valence-corrected chi connectivity index (χ0v) is 12.5. The van der Waals surface area contributed by atoms with Gasteiger partial charge in [-0.25, -0.2) is 4.98 Å². The minimum Gasteiger partial charge on any atom is -0.386 e. The molecule has 0 aromatic carbocycles. The first-order valence-electron chi connectivity index (χ1n) is 6.43. The van der Waals surface area contributed by atoms with Gasteiger partial charge < -0.3 is 20.5 Å². The van der Waals surface area contributed by atoms with Crippen LogP contribution in [-0.4, -0.2) is 47.0 Å². The zero-order chi connectivity index (χ0) is 13.7. The SMILES string of the molecule is CCCNc1ncc(Br)c(NCC2(O)CCOC2)n1. The molecule has 2 heterocycles. The first-order chi connectivity index (χ1) is 9.13. The molecule has 3 N–H and O–H groups in total. The van der Waals surface area contributed by atoms with E-state index in [1.54, 1.807) is 6.20 Å². The molecule has 1 aliphatic heterocycles.